The summed E-state index contributed by atoms with van der Waals surface area (Å²) in [7, 11) is 0. The van der Waals surface area contributed by atoms with E-state index in [0.29, 0.717) is 6.04 Å². The molecule has 1 aromatic heterocycles. The Hall–Kier alpha value is -3.17. The molecule has 3 rings (SSSR count). The van der Waals surface area contributed by atoms with Gasteiger partial charge in [-0.15, -0.1) is 24.0 Å². The molecule has 2 unspecified atom stereocenters. The van der Waals surface area contributed by atoms with Gasteiger partial charge >= 0.3 is 11.9 Å². The van der Waals surface area contributed by atoms with Gasteiger partial charge in [-0.1, -0.05) is 30.3 Å². The van der Waals surface area contributed by atoms with Gasteiger partial charge < -0.3 is 19.5 Å². The fourth-order valence-corrected chi connectivity index (χ4v) is 3.04. The highest BCUT2D eigenvalue weighted by Gasteiger charge is 2.43. The summed E-state index contributed by atoms with van der Waals surface area (Å²) in [6.07, 6.45) is 7.96. The maximum atomic E-state index is 11.2. The number of aliphatic carboxylic acids is 2. The first-order chi connectivity index (χ1) is 14.7. The molecule has 170 valence electrons. The number of aromatic nitrogens is 2. The van der Waals surface area contributed by atoms with E-state index in [9.17, 15) is 14.4 Å². The molecule has 0 aliphatic heterocycles. The Labute approximate surface area is 202 Å². The summed E-state index contributed by atoms with van der Waals surface area (Å²) in [4.78, 5) is 37.2. The van der Waals surface area contributed by atoms with E-state index < -0.39 is 28.5 Å². The van der Waals surface area contributed by atoms with Crippen molar-refractivity contribution in [2.24, 2.45) is 5.41 Å². The normalized spacial score (nSPS) is 17.9. The van der Waals surface area contributed by atoms with Crippen LogP contribution in [-0.4, -0.2) is 44.3 Å². The second-order valence-electron chi connectivity index (χ2n) is 6.92. The van der Waals surface area contributed by atoms with Crippen LogP contribution in [0.3, 0.4) is 0 Å². The Morgan fingerprint density at radius 1 is 1.25 bits per heavy atom. The SMILES string of the molecule is CC(c1ccccc1)n1ccnc1.CCOC1=CC(C)(C(=O)O)C(=C=O)C(C(=O)O)=C1.I. The molecule has 1 heterocycles. The zero-order chi connectivity index (χ0) is 23.0. The summed E-state index contributed by atoms with van der Waals surface area (Å²) < 4.78 is 7.21. The van der Waals surface area contributed by atoms with E-state index >= 15 is 0 Å². The molecule has 32 heavy (non-hydrogen) atoms. The number of carbonyl (C=O) groups is 2. The van der Waals surface area contributed by atoms with Crippen molar-refractivity contribution in [3.05, 3.63) is 83.7 Å². The maximum Gasteiger partial charge on any atom is 0.336 e. The van der Waals surface area contributed by atoms with Crippen LogP contribution in [0, 0.1) is 5.41 Å². The van der Waals surface area contributed by atoms with Crippen molar-refractivity contribution in [3.63, 3.8) is 0 Å². The van der Waals surface area contributed by atoms with Gasteiger partial charge in [-0.2, -0.15) is 0 Å². The van der Waals surface area contributed by atoms with E-state index in [2.05, 4.69) is 40.7 Å². The van der Waals surface area contributed by atoms with E-state index in [1.807, 2.05) is 18.6 Å². The number of rotatable bonds is 6. The minimum Gasteiger partial charge on any atom is -0.494 e. The van der Waals surface area contributed by atoms with E-state index in [4.69, 9.17) is 14.9 Å². The Morgan fingerprint density at radius 2 is 1.91 bits per heavy atom. The molecule has 2 atom stereocenters. The Morgan fingerprint density at radius 3 is 2.38 bits per heavy atom. The zero-order valence-electron chi connectivity index (χ0n) is 17.9. The van der Waals surface area contributed by atoms with E-state index in [0.717, 1.165) is 6.08 Å². The molecule has 0 bridgehead atoms. The Bertz CT molecular complexity index is 1040. The summed E-state index contributed by atoms with van der Waals surface area (Å²) in [5, 5.41) is 18.2. The third-order valence-corrected chi connectivity index (χ3v) is 4.85. The van der Waals surface area contributed by atoms with Crippen LogP contribution in [0.25, 0.3) is 0 Å². The van der Waals surface area contributed by atoms with Crippen LogP contribution < -0.4 is 0 Å². The molecule has 2 N–H and O–H groups in total. The van der Waals surface area contributed by atoms with Crippen LogP contribution in [0.2, 0.25) is 0 Å². The molecule has 0 radical (unpaired) electrons. The maximum absolute atomic E-state index is 11.2. The number of carbonyl (C=O) groups excluding carboxylic acids is 1. The van der Waals surface area contributed by atoms with Crippen LogP contribution in [0.1, 0.15) is 32.4 Å². The predicted molar refractivity (Wildman–Crippen MR) is 128 cm³/mol. The number of halogens is 1. The van der Waals surface area contributed by atoms with Crippen molar-refractivity contribution in [1.82, 2.24) is 9.55 Å². The van der Waals surface area contributed by atoms with Crippen LogP contribution in [0.5, 0.6) is 0 Å². The third kappa shape index (κ3) is 6.18. The lowest BCUT2D eigenvalue weighted by Crippen LogP contribution is -2.33. The van der Waals surface area contributed by atoms with Gasteiger partial charge in [0, 0.05) is 12.4 Å². The molecule has 0 saturated carbocycles. The Kier molecular flexibility index (Phi) is 10.1. The highest BCUT2D eigenvalue weighted by atomic mass is 127. The molecular weight excluding hydrogens is 527 g/mol. The third-order valence-electron chi connectivity index (χ3n) is 4.85. The van der Waals surface area contributed by atoms with Crippen molar-refractivity contribution >= 4 is 41.9 Å². The minimum atomic E-state index is -1.76. The topological polar surface area (TPSA) is 119 Å². The van der Waals surface area contributed by atoms with Crippen molar-refractivity contribution in [1.29, 1.82) is 0 Å². The lowest BCUT2D eigenvalue weighted by molar-refractivity contribution is -0.143. The first-order valence-corrected chi connectivity index (χ1v) is 9.57. The summed E-state index contributed by atoms with van der Waals surface area (Å²) in [6.45, 7) is 5.32. The molecule has 9 heteroatoms. The number of carboxylic acid groups (broad SMARTS) is 2. The van der Waals surface area contributed by atoms with Crippen LogP contribution >= 0.6 is 24.0 Å². The highest BCUT2D eigenvalue weighted by molar-refractivity contribution is 14.0. The number of ether oxygens (including phenoxy) is 1. The number of benzene rings is 1. The van der Waals surface area contributed by atoms with Crippen LogP contribution in [-0.2, 0) is 19.1 Å². The van der Waals surface area contributed by atoms with Gasteiger partial charge in [0.15, 0.2) is 0 Å². The summed E-state index contributed by atoms with van der Waals surface area (Å²) in [5.74, 6) is -1.22. The lowest BCUT2D eigenvalue weighted by atomic mass is 9.75. The number of carboxylic acids is 2. The number of hydrogen-bond donors (Lipinski definition) is 2. The molecular formula is C23H25IN2O6. The molecule has 0 fully saturated rings. The number of hydrogen-bond acceptors (Lipinski definition) is 5. The summed E-state index contributed by atoms with van der Waals surface area (Å²) >= 11 is 0. The van der Waals surface area contributed by atoms with Crippen molar-refractivity contribution < 1.29 is 29.3 Å². The Balaban J connectivity index is 0.000000324. The summed E-state index contributed by atoms with van der Waals surface area (Å²) in [6, 6.07) is 10.8. The highest BCUT2D eigenvalue weighted by Crippen LogP contribution is 2.38. The average molecular weight is 552 g/mol. The zero-order valence-corrected chi connectivity index (χ0v) is 20.2. The largest absolute Gasteiger partial charge is 0.494 e. The molecule has 0 amide bonds. The van der Waals surface area contributed by atoms with E-state index in [1.165, 1.54) is 24.5 Å². The van der Waals surface area contributed by atoms with Gasteiger partial charge in [-0.25, -0.2) is 14.6 Å². The lowest BCUT2D eigenvalue weighted by Gasteiger charge is -2.26. The van der Waals surface area contributed by atoms with Crippen molar-refractivity contribution in [3.8, 4) is 0 Å². The number of nitrogens with zero attached hydrogens (tertiary/aromatic N) is 2. The predicted octanol–water partition coefficient (Wildman–Crippen LogP) is 3.89. The molecule has 0 saturated heterocycles. The number of imidazole rings is 1. The molecule has 8 nitrogen and oxygen atoms in total. The van der Waals surface area contributed by atoms with Gasteiger partial charge in [-0.3, -0.25) is 4.79 Å². The van der Waals surface area contributed by atoms with E-state index in [1.54, 1.807) is 13.1 Å². The summed E-state index contributed by atoms with van der Waals surface area (Å²) in [5.41, 5.74) is -1.29. The fourth-order valence-electron chi connectivity index (χ4n) is 3.04. The molecule has 0 spiro atoms. The van der Waals surface area contributed by atoms with Gasteiger partial charge in [0.05, 0.1) is 30.1 Å². The van der Waals surface area contributed by atoms with E-state index in [-0.39, 0.29) is 36.3 Å². The molecule has 1 aliphatic rings. The minimum absolute atomic E-state index is 0. The van der Waals surface area contributed by atoms with Gasteiger partial charge in [0.1, 0.15) is 17.1 Å². The van der Waals surface area contributed by atoms with Crippen molar-refractivity contribution in [2.45, 2.75) is 26.8 Å². The number of allylic oxidation sites excluding steroid dienone is 1. The molecule has 1 aliphatic carbocycles. The van der Waals surface area contributed by atoms with Crippen molar-refractivity contribution in [2.75, 3.05) is 6.61 Å². The fraction of sp³-hybridized carbons (Fsp3) is 0.261. The van der Waals surface area contributed by atoms with Crippen LogP contribution in [0.15, 0.2) is 78.1 Å². The van der Waals surface area contributed by atoms with Gasteiger partial charge in [-0.05, 0) is 38.5 Å². The second-order valence-corrected chi connectivity index (χ2v) is 6.92. The average Bonchev–Trinajstić information content (AvgIpc) is 3.29. The monoisotopic (exact) mass is 552 g/mol. The van der Waals surface area contributed by atoms with Crippen LogP contribution in [0.4, 0.5) is 0 Å². The quantitative estimate of drug-likeness (QED) is 0.413. The second kappa shape index (κ2) is 12.0. The smallest absolute Gasteiger partial charge is 0.336 e. The first-order valence-electron chi connectivity index (χ1n) is 9.57. The molecule has 2 aromatic rings. The first kappa shape index (κ1) is 26.9. The molecule has 1 aromatic carbocycles. The van der Waals surface area contributed by atoms with Gasteiger partial charge in [0.2, 0.25) is 0 Å². The van der Waals surface area contributed by atoms with Gasteiger partial charge in [0.25, 0.3) is 0 Å². The standard InChI is InChI=1S/C12H12O6.C11H12N2.HI/c1-3-18-7-4-8(10(14)15)9(6-13)12(2,5-7)11(16)17;1-10(13-8-7-12-9-13)11-5-3-2-4-6-11;/h4-5H,3H2,1-2H3,(H,14,15)(H,16,17);2-10H,1H3;1H.